The molecule has 1 aromatic carbocycles. The maximum Gasteiger partial charge on any atom is 0.317 e. The summed E-state index contributed by atoms with van der Waals surface area (Å²) in [6.45, 7) is 2.97. The SMILES string of the molecule is O=C(O)CN1CCC(C(=O)N(CCCc2ccc3c(n2)NCCC3)c2ccccc2)CC1. The lowest BCUT2D eigenvalue weighted by molar-refractivity contribution is -0.138. The minimum atomic E-state index is -0.813. The van der Waals surface area contributed by atoms with Crippen LogP contribution in [-0.2, 0) is 22.4 Å². The van der Waals surface area contributed by atoms with E-state index in [4.69, 9.17) is 10.1 Å². The number of piperidine rings is 1. The minimum absolute atomic E-state index is 0.0476. The first kappa shape index (κ1) is 22.3. The van der Waals surface area contributed by atoms with Gasteiger partial charge >= 0.3 is 5.97 Å². The van der Waals surface area contributed by atoms with Gasteiger partial charge in [0.1, 0.15) is 5.82 Å². The molecule has 2 aromatic rings. The normalized spacial score (nSPS) is 16.8. The Morgan fingerprint density at radius 1 is 1.12 bits per heavy atom. The van der Waals surface area contributed by atoms with Crippen molar-refractivity contribution in [3.05, 3.63) is 53.7 Å². The molecule has 0 unspecified atom stereocenters. The fourth-order valence-corrected chi connectivity index (χ4v) is 4.65. The number of para-hydroxylation sites is 1. The van der Waals surface area contributed by atoms with Crippen LogP contribution in [0.1, 0.15) is 36.9 Å². The number of rotatable bonds is 8. The standard InChI is InChI=1S/C25H32N4O3/c30-23(31)18-28-16-12-20(13-17-28)25(32)29(22-8-2-1-3-9-22)15-5-7-21-11-10-19-6-4-14-26-24(19)27-21/h1-3,8-11,20H,4-7,12-18H2,(H,26,27)(H,30,31). The highest BCUT2D eigenvalue weighted by molar-refractivity contribution is 5.95. The van der Waals surface area contributed by atoms with Crippen molar-refractivity contribution < 1.29 is 14.7 Å². The number of carbonyl (C=O) groups is 2. The van der Waals surface area contributed by atoms with Crippen LogP contribution in [0.2, 0.25) is 0 Å². The summed E-state index contributed by atoms with van der Waals surface area (Å²) in [6.07, 6.45) is 5.29. The molecule has 7 heteroatoms. The number of carboxylic acids is 1. The zero-order valence-electron chi connectivity index (χ0n) is 18.5. The molecule has 0 radical (unpaired) electrons. The second-order valence-corrected chi connectivity index (χ2v) is 8.71. The number of benzene rings is 1. The number of carboxylic acid groups (broad SMARTS) is 1. The Morgan fingerprint density at radius 2 is 1.91 bits per heavy atom. The van der Waals surface area contributed by atoms with Crippen LogP contribution < -0.4 is 10.2 Å². The molecule has 2 aliphatic heterocycles. The van der Waals surface area contributed by atoms with Gasteiger partial charge in [-0.25, -0.2) is 4.98 Å². The molecule has 3 heterocycles. The zero-order valence-corrected chi connectivity index (χ0v) is 18.5. The van der Waals surface area contributed by atoms with Crippen molar-refractivity contribution in [3.8, 4) is 0 Å². The van der Waals surface area contributed by atoms with Gasteiger partial charge in [0.25, 0.3) is 0 Å². The predicted octanol–water partition coefficient (Wildman–Crippen LogP) is 3.20. The number of anilines is 2. The summed E-state index contributed by atoms with van der Waals surface area (Å²) in [6, 6.07) is 14.1. The third kappa shape index (κ3) is 5.65. The van der Waals surface area contributed by atoms with Crippen molar-refractivity contribution in [2.45, 2.75) is 38.5 Å². The van der Waals surface area contributed by atoms with E-state index >= 15 is 0 Å². The maximum absolute atomic E-state index is 13.4. The third-order valence-electron chi connectivity index (χ3n) is 6.40. The zero-order chi connectivity index (χ0) is 22.3. The molecule has 1 fully saturated rings. The van der Waals surface area contributed by atoms with Gasteiger partial charge in [-0.15, -0.1) is 0 Å². The third-order valence-corrected chi connectivity index (χ3v) is 6.40. The number of aryl methyl sites for hydroxylation is 2. The van der Waals surface area contributed by atoms with Crippen LogP contribution in [0.4, 0.5) is 11.5 Å². The van der Waals surface area contributed by atoms with Crippen molar-refractivity contribution in [2.75, 3.05) is 42.9 Å². The minimum Gasteiger partial charge on any atom is -0.480 e. The van der Waals surface area contributed by atoms with E-state index in [0.29, 0.717) is 32.5 Å². The molecule has 1 saturated heterocycles. The van der Waals surface area contributed by atoms with Crippen LogP contribution in [0, 0.1) is 5.92 Å². The average molecular weight is 437 g/mol. The van der Waals surface area contributed by atoms with E-state index in [-0.39, 0.29) is 18.4 Å². The summed E-state index contributed by atoms with van der Waals surface area (Å²) in [7, 11) is 0. The number of fused-ring (bicyclic) bond motifs is 1. The molecule has 2 aliphatic rings. The van der Waals surface area contributed by atoms with Gasteiger partial charge in [0.05, 0.1) is 6.54 Å². The highest BCUT2D eigenvalue weighted by Gasteiger charge is 2.29. The Kier molecular flexibility index (Phi) is 7.37. The van der Waals surface area contributed by atoms with E-state index in [1.807, 2.05) is 40.1 Å². The van der Waals surface area contributed by atoms with Crippen molar-refractivity contribution >= 4 is 23.4 Å². The second kappa shape index (κ2) is 10.6. The second-order valence-electron chi connectivity index (χ2n) is 8.71. The molecule has 4 rings (SSSR count). The lowest BCUT2D eigenvalue weighted by Crippen LogP contribution is -2.44. The summed E-state index contributed by atoms with van der Waals surface area (Å²) in [5, 5.41) is 12.4. The molecule has 1 aromatic heterocycles. The van der Waals surface area contributed by atoms with E-state index in [1.54, 1.807) is 0 Å². The largest absolute Gasteiger partial charge is 0.480 e. The van der Waals surface area contributed by atoms with E-state index in [1.165, 1.54) is 5.56 Å². The van der Waals surface area contributed by atoms with Crippen LogP contribution in [-0.4, -0.2) is 59.6 Å². The van der Waals surface area contributed by atoms with E-state index < -0.39 is 5.97 Å². The van der Waals surface area contributed by atoms with E-state index in [9.17, 15) is 9.59 Å². The number of nitrogens with one attached hydrogen (secondary N) is 1. The molecule has 32 heavy (non-hydrogen) atoms. The molecular formula is C25H32N4O3. The molecular weight excluding hydrogens is 404 g/mol. The van der Waals surface area contributed by atoms with Crippen molar-refractivity contribution in [2.24, 2.45) is 5.92 Å². The fourth-order valence-electron chi connectivity index (χ4n) is 4.65. The molecule has 1 amide bonds. The Hall–Kier alpha value is -2.93. The van der Waals surface area contributed by atoms with Crippen LogP contribution in [0.25, 0.3) is 0 Å². The fraction of sp³-hybridized carbons (Fsp3) is 0.480. The summed E-state index contributed by atoms with van der Waals surface area (Å²) in [5.41, 5.74) is 3.27. The van der Waals surface area contributed by atoms with Gasteiger partial charge < -0.3 is 15.3 Å². The van der Waals surface area contributed by atoms with Gasteiger partial charge in [-0.1, -0.05) is 24.3 Å². The molecule has 2 N–H and O–H groups in total. The quantitative estimate of drug-likeness (QED) is 0.661. The van der Waals surface area contributed by atoms with Gasteiger partial charge in [-0.05, 0) is 75.4 Å². The number of aliphatic carboxylic acids is 1. The Balaban J connectivity index is 1.38. The summed E-state index contributed by atoms with van der Waals surface area (Å²) in [4.78, 5) is 33.0. The highest BCUT2D eigenvalue weighted by Crippen LogP contribution is 2.25. The van der Waals surface area contributed by atoms with Gasteiger partial charge in [0, 0.05) is 30.4 Å². The number of likely N-dealkylation sites (tertiary alicyclic amines) is 1. The lowest BCUT2D eigenvalue weighted by atomic mass is 9.94. The van der Waals surface area contributed by atoms with E-state index in [2.05, 4.69) is 17.4 Å². The van der Waals surface area contributed by atoms with Crippen LogP contribution in [0.5, 0.6) is 0 Å². The Bertz CT molecular complexity index is 926. The first-order valence-electron chi connectivity index (χ1n) is 11.6. The molecule has 0 bridgehead atoms. The molecule has 0 atom stereocenters. The van der Waals surface area contributed by atoms with Crippen molar-refractivity contribution in [1.82, 2.24) is 9.88 Å². The monoisotopic (exact) mass is 436 g/mol. The highest BCUT2D eigenvalue weighted by atomic mass is 16.4. The van der Waals surface area contributed by atoms with Crippen molar-refractivity contribution in [3.63, 3.8) is 0 Å². The molecule has 0 saturated carbocycles. The van der Waals surface area contributed by atoms with Crippen LogP contribution >= 0.6 is 0 Å². The number of hydrogen-bond donors (Lipinski definition) is 2. The predicted molar refractivity (Wildman–Crippen MR) is 125 cm³/mol. The molecule has 0 spiro atoms. The van der Waals surface area contributed by atoms with Crippen LogP contribution in [0.15, 0.2) is 42.5 Å². The Labute approximate surface area is 189 Å². The number of aromatic nitrogens is 1. The Morgan fingerprint density at radius 3 is 2.66 bits per heavy atom. The van der Waals surface area contributed by atoms with Gasteiger partial charge in [0.2, 0.25) is 5.91 Å². The van der Waals surface area contributed by atoms with Crippen LogP contribution in [0.3, 0.4) is 0 Å². The van der Waals surface area contributed by atoms with E-state index in [0.717, 1.165) is 49.4 Å². The number of amides is 1. The molecule has 0 aliphatic carbocycles. The maximum atomic E-state index is 13.4. The van der Waals surface area contributed by atoms with Gasteiger partial charge in [-0.2, -0.15) is 0 Å². The number of nitrogens with zero attached hydrogens (tertiary/aromatic N) is 3. The van der Waals surface area contributed by atoms with Gasteiger partial charge in [0.15, 0.2) is 0 Å². The van der Waals surface area contributed by atoms with Crippen molar-refractivity contribution in [1.29, 1.82) is 0 Å². The molecule has 7 nitrogen and oxygen atoms in total. The summed E-state index contributed by atoms with van der Waals surface area (Å²) < 4.78 is 0. The lowest BCUT2D eigenvalue weighted by Gasteiger charge is -2.33. The first-order valence-corrected chi connectivity index (χ1v) is 11.6. The average Bonchev–Trinajstić information content (AvgIpc) is 2.82. The number of pyridine rings is 1. The van der Waals surface area contributed by atoms with Gasteiger partial charge in [-0.3, -0.25) is 14.5 Å². The number of carbonyl (C=O) groups excluding carboxylic acids is 1. The number of hydrogen-bond acceptors (Lipinski definition) is 5. The topological polar surface area (TPSA) is 85.8 Å². The summed E-state index contributed by atoms with van der Waals surface area (Å²) in [5.74, 6) is 0.280. The molecule has 170 valence electrons. The summed E-state index contributed by atoms with van der Waals surface area (Å²) >= 11 is 0. The smallest absolute Gasteiger partial charge is 0.317 e. The first-order chi connectivity index (χ1) is 15.6.